The molecule has 30 heavy (non-hydrogen) atoms. The van der Waals surface area contributed by atoms with Crippen LogP contribution in [-0.4, -0.2) is 30.4 Å². The topological polar surface area (TPSA) is 117 Å². The van der Waals surface area contributed by atoms with Gasteiger partial charge in [-0.05, 0) is 24.3 Å². The number of nitrogens with one attached hydrogen (secondary N) is 2. The van der Waals surface area contributed by atoms with Gasteiger partial charge >= 0.3 is 11.4 Å². The van der Waals surface area contributed by atoms with Crippen molar-refractivity contribution in [2.45, 2.75) is 0 Å². The third kappa shape index (κ3) is 5.22. The first-order valence-corrected chi connectivity index (χ1v) is 9.60. The molecule has 0 aliphatic rings. The molecule has 0 spiro atoms. The maximum absolute atomic E-state index is 11.0. The molecule has 8 nitrogen and oxygen atoms in total. The number of hydrogen-bond donors (Lipinski definition) is 2. The van der Waals surface area contributed by atoms with Gasteiger partial charge in [0.05, 0.1) is 43.9 Å². The highest BCUT2D eigenvalue weighted by Gasteiger charge is 2.11. The van der Waals surface area contributed by atoms with Crippen molar-refractivity contribution in [2.75, 3.05) is 0 Å². The number of aromatic nitrogens is 6. The Morgan fingerprint density at radius 1 is 0.600 bits per heavy atom. The van der Waals surface area contributed by atoms with E-state index < -0.39 is 11.4 Å². The summed E-state index contributed by atoms with van der Waals surface area (Å²) in [5.74, 6) is 0. The molecule has 0 amide bonds. The summed E-state index contributed by atoms with van der Waals surface area (Å²) >= 11 is 23.8. The Morgan fingerprint density at radius 3 is 1.23 bits per heavy atom. The van der Waals surface area contributed by atoms with Gasteiger partial charge in [0.15, 0.2) is 0 Å². The zero-order valence-electron chi connectivity index (χ0n) is 14.7. The average molecular weight is 484 g/mol. The summed E-state index contributed by atoms with van der Waals surface area (Å²) in [6.45, 7) is 0. The van der Waals surface area contributed by atoms with E-state index in [0.717, 1.165) is 0 Å². The van der Waals surface area contributed by atoms with E-state index in [9.17, 15) is 9.59 Å². The zero-order valence-corrected chi connectivity index (χ0v) is 17.8. The summed E-state index contributed by atoms with van der Waals surface area (Å²) in [6.07, 6.45) is 2.79. The van der Waals surface area contributed by atoms with Crippen LogP contribution in [0.2, 0.25) is 20.1 Å². The van der Waals surface area contributed by atoms with Crippen molar-refractivity contribution < 1.29 is 0 Å². The van der Waals surface area contributed by atoms with Crippen LogP contribution in [0, 0.1) is 0 Å². The first-order chi connectivity index (χ1) is 14.4. The highest BCUT2D eigenvalue weighted by atomic mass is 35.5. The Morgan fingerprint density at radius 2 is 0.933 bits per heavy atom. The van der Waals surface area contributed by atoms with E-state index in [1.54, 1.807) is 36.4 Å². The van der Waals surface area contributed by atoms with Crippen LogP contribution >= 0.6 is 46.4 Å². The quantitative estimate of drug-likeness (QED) is 0.439. The lowest BCUT2D eigenvalue weighted by Crippen LogP contribution is -2.12. The molecule has 4 rings (SSSR count). The molecule has 2 heterocycles. The summed E-state index contributed by atoms with van der Waals surface area (Å²) < 4.78 is 0. The van der Waals surface area contributed by atoms with Crippen molar-refractivity contribution >= 4 is 46.4 Å². The highest BCUT2D eigenvalue weighted by molar-refractivity contribution is 6.39. The molecule has 0 unspecified atom stereocenters. The molecule has 12 heteroatoms. The van der Waals surface area contributed by atoms with Crippen LogP contribution in [0.5, 0.6) is 0 Å². The van der Waals surface area contributed by atoms with Gasteiger partial charge in [-0.1, -0.05) is 58.5 Å². The van der Waals surface area contributed by atoms with Gasteiger partial charge in [0.2, 0.25) is 0 Å². The molecule has 152 valence electrons. The summed E-state index contributed by atoms with van der Waals surface area (Å²) in [7, 11) is 0. The number of hydrogen-bond acceptors (Lipinski definition) is 6. The molecule has 2 aromatic carbocycles. The second kappa shape index (κ2) is 9.82. The van der Waals surface area contributed by atoms with Crippen LogP contribution in [0.4, 0.5) is 0 Å². The van der Waals surface area contributed by atoms with Crippen molar-refractivity contribution in [3.05, 3.63) is 89.9 Å². The van der Waals surface area contributed by atoms with E-state index in [-0.39, 0.29) is 0 Å². The molecular formula is C18H10Cl4N6O2. The fraction of sp³-hybridized carbons (Fsp3) is 0. The molecule has 0 saturated carbocycles. The van der Waals surface area contributed by atoms with Gasteiger partial charge in [-0.2, -0.15) is 20.2 Å². The SMILES string of the molecule is O=c1nc(-c2c(Cl)cccc2Cl)cn[nH]1.O=c1nc(-c2c(Cl)cccc2Cl)cn[nH]1. The number of H-pyrrole nitrogens is 2. The highest BCUT2D eigenvalue weighted by Crippen LogP contribution is 2.33. The lowest BCUT2D eigenvalue weighted by Gasteiger charge is -2.03. The molecule has 0 aliphatic carbocycles. The third-order valence-corrected chi connectivity index (χ3v) is 4.84. The average Bonchev–Trinajstić information content (AvgIpc) is 2.68. The van der Waals surface area contributed by atoms with Crippen molar-refractivity contribution in [3.63, 3.8) is 0 Å². The molecule has 4 aromatic rings. The molecule has 0 bridgehead atoms. The minimum absolute atomic E-state index is 0.356. The van der Waals surface area contributed by atoms with Gasteiger partial charge in [0.1, 0.15) is 0 Å². The molecule has 0 aliphatic heterocycles. The van der Waals surface area contributed by atoms with Crippen LogP contribution in [0.3, 0.4) is 0 Å². The van der Waals surface area contributed by atoms with Gasteiger partial charge in [0.25, 0.3) is 0 Å². The summed E-state index contributed by atoms with van der Waals surface area (Å²) in [6, 6.07) is 10.1. The first-order valence-electron chi connectivity index (χ1n) is 8.09. The molecular weight excluding hydrogens is 474 g/mol. The Balaban J connectivity index is 0.000000171. The van der Waals surface area contributed by atoms with Crippen LogP contribution in [0.15, 0.2) is 58.4 Å². The van der Waals surface area contributed by atoms with E-state index in [1.807, 2.05) is 0 Å². The van der Waals surface area contributed by atoms with Gasteiger partial charge in [0, 0.05) is 11.1 Å². The number of benzene rings is 2. The van der Waals surface area contributed by atoms with Crippen LogP contribution < -0.4 is 11.4 Å². The standard InChI is InChI=1S/2C9H5Cl2N3O/c2*10-5-2-1-3-6(11)8(5)7-4-12-14-9(15)13-7/h2*1-4H,(H,13,14,15). The summed E-state index contributed by atoms with van der Waals surface area (Å²) in [5, 5.41) is 13.3. The largest absolute Gasteiger partial charge is 0.361 e. The lowest BCUT2D eigenvalue weighted by molar-refractivity contribution is 0.919. The maximum Gasteiger partial charge on any atom is 0.361 e. The van der Waals surface area contributed by atoms with Crippen molar-refractivity contribution in [1.29, 1.82) is 0 Å². The van der Waals surface area contributed by atoms with Gasteiger partial charge in [-0.25, -0.2) is 19.8 Å². The van der Waals surface area contributed by atoms with Crippen LogP contribution in [0.1, 0.15) is 0 Å². The second-order valence-corrected chi connectivity index (χ2v) is 7.17. The summed E-state index contributed by atoms with van der Waals surface area (Å²) in [4.78, 5) is 29.4. The monoisotopic (exact) mass is 482 g/mol. The number of nitrogens with zero attached hydrogens (tertiary/aromatic N) is 4. The molecule has 0 radical (unpaired) electrons. The zero-order chi connectivity index (χ0) is 21.7. The van der Waals surface area contributed by atoms with Gasteiger partial charge in [-0.3, -0.25) is 0 Å². The smallest absolute Gasteiger partial charge is 0.244 e. The normalized spacial score (nSPS) is 10.3. The molecule has 0 atom stereocenters. The summed E-state index contributed by atoms with van der Waals surface area (Å²) in [5.41, 5.74) is 0.662. The Hall–Kier alpha value is -2.78. The lowest BCUT2D eigenvalue weighted by atomic mass is 10.1. The predicted octanol–water partition coefficient (Wildman–Crippen LogP) is 4.28. The number of aromatic amines is 2. The first kappa shape index (κ1) is 21.9. The Bertz CT molecular complexity index is 1170. The molecule has 0 fully saturated rings. The van der Waals surface area contributed by atoms with E-state index in [0.29, 0.717) is 42.6 Å². The van der Waals surface area contributed by atoms with Crippen molar-refractivity contribution in [3.8, 4) is 22.5 Å². The van der Waals surface area contributed by atoms with Crippen LogP contribution in [0.25, 0.3) is 22.5 Å². The third-order valence-electron chi connectivity index (χ3n) is 3.58. The second-order valence-electron chi connectivity index (χ2n) is 5.54. The van der Waals surface area contributed by atoms with Gasteiger partial charge in [-0.15, -0.1) is 0 Å². The maximum atomic E-state index is 11.0. The molecule has 0 saturated heterocycles. The van der Waals surface area contributed by atoms with E-state index in [1.165, 1.54) is 12.4 Å². The Kier molecular flexibility index (Phi) is 7.17. The molecule has 2 N–H and O–H groups in total. The van der Waals surface area contributed by atoms with E-state index in [4.69, 9.17) is 46.4 Å². The predicted molar refractivity (Wildman–Crippen MR) is 116 cm³/mol. The number of halogens is 4. The van der Waals surface area contributed by atoms with E-state index in [2.05, 4.69) is 30.4 Å². The molecule has 2 aromatic heterocycles. The Labute approximate surface area is 188 Å². The number of rotatable bonds is 2. The van der Waals surface area contributed by atoms with Crippen molar-refractivity contribution in [2.24, 2.45) is 0 Å². The fourth-order valence-electron chi connectivity index (χ4n) is 2.35. The minimum atomic E-state index is -0.538. The van der Waals surface area contributed by atoms with Gasteiger partial charge < -0.3 is 0 Å². The minimum Gasteiger partial charge on any atom is -0.244 e. The van der Waals surface area contributed by atoms with Crippen LogP contribution in [-0.2, 0) is 0 Å². The fourth-order valence-corrected chi connectivity index (χ4v) is 3.53. The van der Waals surface area contributed by atoms with Crippen molar-refractivity contribution in [1.82, 2.24) is 30.4 Å². The van der Waals surface area contributed by atoms with E-state index >= 15 is 0 Å².